The van der Waals surface area contributed by atoms with Gasteiger partial charge in [-0.3, -0.25) is 4.55 Å². The Labute approximate surface area is 191 Å². The van der Waals surface area contributed by atoms with Gasteiger partial charge in [-0.1, -0.05) is 0 Å². The van der Waals surface area contributed by atoms with E-state index in [0.29, 0.717) is 0 Å². The summed E-state index contributed by atoms with van der Waals surface area (Å²) in [5, 5.41) is -4.28. The van der Waals surface area contributed by atoms with Crippen LogP contribution in [0.25, 0.3) is 0 Å². The van der Waals surface area contributed by atoms with Crippen molar-refractivity contribution in [1.29, 1.82) is 0 Å². The van der Waals surface area contributed by atoms with Crippen molar-refractivity contribution in [3.8, 4) is 0 Å². The van der Waals surface area contributed by atoms with Crippen LogP contribution in [0.2, 0.25) is 0 Å². The maximum Gasteiger partial charge on any atom is 0.460 e. The van der Waals surface area contributed by atoms with E-state index in [1.807, 2.05) is 0 Å². The summed E-state index contributed by atoms with van der Waals surface area (Å²) in [5.41, 5.74) is 0. The first-order chi connectivity index (χ1) is 16.0. The van der Waals surface area contributed by atoms with Crippen molar-refractivity contribution in [2.24, 2.45) is 0 Å². The zero-order chi connectivity index (χ0) is 31.7. The van der Waals surface area contributed by atoms with Gasteiger partial charge in [-0.2, -0.15) is 96.2 Å². The lowest BCUT2D eigenvalue weighted by Crippen LogP contribution is -2.76. The van der Waals surface area contributed by atoms with E-state index >= 15 is 0 Å². The van der Waals surface area contributed by atoms with Crippen molar-refractivity contribution in [2.45, 2.75) is 59.7 Å². The first kappa shape index (κ1) is 36.1. The van der Waals surface area contributed by atoms with E-state index in [4.69, 9.17) is 4.55 Å². The Hall–Kier alpha value is -1.89. The lowest BCUT2D eigenvalue weighted by molar-refractivity contribution is -0.469. The molecule has 0 amide bonds. The van der Waals surface area contributed by atoms with Gasteiger partial charge >= 0.3 is 63.7 Å². The molecule has 0 aromatic heterocycles. The van der Waals surface area contributed by atoms with Gasteiger partial charge < -0.3 is 0 Å². The highest BCUT2D eigenvalue weighted by molar-refractivity contribution is 7.89. The molecule has 1 N–H and O–H groups in total. The lowest BCUT2D eigenvalue weighted by Gasteiger charge is -2.44. The van der Waals surface area contributed by atoms with Crippen molar-refractivity contribution in [2.75, 3.05) is 0 Å². The van der Waals surface area contributed by atoms with Crippen LogP contribution in [0.3, 0.4) is 0 Å². The summed E-state index contributed by atoms with van der Waals surface area (Å²) in [7, 11) is -6.88. The van der Waals surface area contributed by atoms with Gasteiger partial charge in [0.1, 0.15) is 0 Å². The molecule has 38 heavy (non-hydrogen) atoms. The molecule has 1 unspecified atom stereocenters. The third-order valence-electron chi connectivity index (χ3n) is 4.10. The average Bonchev–Trinajstić information content (AvgIpc) is 2.69. The minimum absolute atomic E-state index is 4.28. The van der Waals surface area contributed by atoms with Gasteiger partial charge in [0.25, 0.3) is 5.16 Å². The largest absolute Gasteiger partial charge is 0.460 e. The number of halogens is 22. The van der Waals surface area contributed by atoms with Crippen molar-refractivity contribution < 1.29 is 110 Å². The van der Waals surface area contributed by atoms with E-state index < -0.39 is 80.8 Å². The molecule has 228 valence electrons. The highest BCUT2D eigenvalue weighted by Gasteiger charge is 2.97. The molecule has 0 aromatic rings. The van der Waals surface area contributed by atoms with Gasteiger partial charge in [-0.15, -0.1) is 0 Å². The fourth-order valence-corrected chi connectivity index (χ4v) is 2.26. The van der Waals surface area contributed by atoms with Gasteiger partial charge in [0.05, 0.1) is 0 Å². The smallest absolute Gasteiger partial charge is 0.280 e. The van der Waals surface area contributed by atoms with Gasteiger partial charge in [0.15, 0.2) is 5.83 Å². The molecule has 3 nitrogen and oxygen atoms in total. The third kappa shape index (κ3) is 4.61. The Kier molecular flexibility index (Phi) is 8.62. The van der Waals surface area contributed by atoms with Crippen LogP contribution in [0.1, 0.15) is 0 Å². The lowest BCUT2D eigenvalue weighted by atomic mass is 9.86. The second-order valence-electron chi connectivity index (χ2n) is 6.60. The molecule has 1 atom stereocenters. The molecular formula is C12H2F22O3S. The van der Waals surface area contributed by atoms with Gasteiger partial charge in [-0.05, 0) is 0 Å². The highest BCUT2D eigenvalue weighted by atomic mass is 32.2. The van der Waals surface area contributed by atoms with Crippen LogP contribution in [0, 0.1) is 0 Å². The van der Waals surface area contributed by atoms with E-state index in [0.717, 1.165) is 0 Å². The third-order valence-corrected chi connectivity index (χ3v) is 4.74. The molecule has 0 aliphatic carbocycles. The van der Waals surface area contributed by atoms with Crippen LogP contribution in [0.4, 0.5) is 96.6 Å². The molecule has 26 heteroatoms. The van der Waals surface area contributed by atoms with Crippen LogP contribution >= 0.6 is 0 Å². The standard InChI is InChI=1S/C12H2F22O3S/c13-1(3(15)38(35,36)37)2(14)4(16,17)5(18,19)6(20,21)7(22,23)8(24,25)9(26,27)10(28,29)11(30,31)12(32,33)34/h2H,(H,35,36,37)/b3-1-. The molecule has 0 radical (unpaired) electrons. The number of allylic oxidation sites excluding steroid dienone is 1. The molecule has 0 aromatic carbocycles. The average molecular weight is 644 g/mol. The van der Waals surface area contributed by atoms with E-state index in [1.165, 1.54) is 0 Å². The molecule has 0 rings (SSSR count). The molecule has 0 heterocycles. The molecule has 0 aliphatic heterocycles. The van der Waals surface area contributed by atoms with E-state index in [-0.39, 0.29) is 0 Å². The molecule has 0 aliphatic rings. The maximum atomic E-state index is 13.5. The summed E-state index contributed by atoms with van der Waals surface area (Å²) < 4.78 is 315. The summed E-state index contributed by atoms with van der Waals surface area (Å²) >= 11 is 0. The Morgan fingerprint density at radius 1 is 0.500 bits per heavy atom. The van der Waals surface area contributed by atoms with Crippen molar-refractivity contribution >= 4 is 10.1 Å². The monoisotopic (exact) mass is 644 g/mol. The van der Waals surface area contributed by atoms with Crippen LogP contribution in [0.15, 0.2) is 11.0 Å². The highest BCUT2D eigenvalue weighted by Crippen LogP contribution is 2.65. The fourth-order valence-electron chi connectivity index (χ4n) is 1.91. The second kappa shape index (κ2) is 9.07. The first-order valence-corrected chi connectivity index (χ1v) is 9.17. The molecular weight excluding hydrogens is 642 g/mol. The number of rotatable bonds is 10. The normalized spacial score (nSPS) is 17.9. The van der Waals surface area contributed by atoms with Gasteiger partial charge in [-0.25, -0.2) is 8.78 Å². The van der Waals surface area contributed by atoms with Crippen LogP contribution in [-0.2, 0) is 10.1 Å². The predicted octanol–water partition coefficient (Wildman–Crippen LogP) is 6.97. The maximum absolute atomic E-state index is 13.5. The Morgan fingerprint density at radius 3 is 0.974 bits per heavy atom. The Morgan fingerprint density at radius 2 is 0.737 bits per heavy atom. The van der Waals surface area contributed by atoms with E-state index in [9.17, 15) is 105 Å². The van der Waals surface area contributed by atoms with Crippen molar-refractivity contribution in [1.82, 2.24) is 0 Å². The zero-order valence-corrected chi connectivity index (χ0v) is 16.9. The van der Waals surface area contributed by atoms with Crippen LogP contribution in [0.5, 0.6) is 0 Å². The summed E-state index contributed by atoms with van der Waals surface area (Å²) in [4.78, 5) is 0. The number of alkyl halides is 20. The van der Waals surface area contributed by atoms with Gasteiger partial charge in [0.2, 0.25) is 6.17 Å². The van der Waals surface area contributed by atoms with Crippen LogP contribution in [-0.4, -0.2) is 72.7 Å². The molecule has 0 saturated heterocycles. The zero-order valence-electron chi connectivity index (χ0n) is 16.1. The minimum Gasteiger partial charge on any atom is -0.280 e. The van der Waals surface area contributed by atoms with Crippen molar-refractivity contribution in [3.63, 3.8) is 0 Å². The van der Waals surface area contributed by atoms with Gasteiger partial charge in [0, 0.05) is 0 Å². The molecule has 0 saturated carbocycles. The number of hydrogen-bond acceptors (Lipinski definition) is 2. The number of hydrogen-bond donors (Lipinski definition) is 1. The quantitative estimate of drug-likeness (QED) is 0.207. The first-order valence-electron chi connectivity index (χ1n) is 7.73. The van der Waals surface area contributed by atoms with Crippen LogP contribution < -0.4 is 0 Å². The molecule has 0 fully saturated rings. The second-order valence-corrected chi connectivity index (χ2v) is 7.91. The van der Waals surface area contributed by atoms with E-state index in [2.05, 4.69) is 0 Å². The predicted molar refractivity (Wildman–Crippen MR) is 71.3 cm³/mol. The summed E-state index contributed by atoms with van der Waals surface area (Å²) in [6.45, 7) is 0. The molecule has 0 spiro atoms. The minimum atomic E-state index is -9.33. The SMILES string of the molecule is O=S(=O)(O)/C(F)=C(\F)C(F)C(F)(F)C(F)(F)C(F)(F)C(F)(F)C(F)(F)C(F)(F)C(F)(F)C(F)(F)C(F)(F)F. The van der Waals surface area contributed by atoms with E-state index in [1.54, 1.807) is 0 Å². The Balaban J connectivity index is 7.18. The Bertz CT molecular complexity index is 1040. The summed E-state index contributed by atoms with van der Waals surface area (Å²) in [6, 6.07) is 0. The summed E-state index contributed by atoms with van der Waals surface area (Å²) in [6.07, 6.45) is -14.4. The topological polar surface area (TPSA) is 54.4 Å². The molecule has 0 bridgehead atoms. The van der Waals surface area contributed by atoms with Crippen molar-refractivity contribution in [3.05, 3.63) is 11.0 Å². The fraction of sp³-hybridized carbons (Fsp3) is 0.833. The summed E-state index contributed by atoms with van der Waals surface area (Å²) in [5.74, 6) is -76.3.